The van der Waals surface area contributed by atoms with Crippen molar-refractivity contribution in [3.63, 3.8) is 0 Å². The van der Waals surface area contributed by atoms with Crippen LogP contribution in [0.1, 0.15) is 19.8 Å². The molecule has 0 bridgehead atoms. The number of nitrogens with two attached hydrogens (primary N) is 1. The maximum Gasteiger partial charge on any atom is 0.239 e. The Morgan fingerprint density at radius 2 is 2.15 bits per heavy atom. The van der Waals surface area contributed by atoms with Gasteiger partial charge < -0.3 is 15.7 Å². The van der Waals surface area contributed by atoms with Crippen molar-refractivity contribution in [2.75, 3.05) is 19.7 Å². The normalized spacial score (nSPS) is 21.6. The molecule has 0 unspecified atom stereocenters. The summed E-state index contributed by atoms with van der Waals surface area (Å²) in [6, 6.07) is -0.398. The fourth-order valence-corrected chi connectivity index (χ4v) is 1.62. The van der Waals surface area contributed by atoms with Gasteiger partial charge >= 0.3 is 0 Å². The summed E-state index contributed by atoms with van der Waals surface area (Å²) < 4.78 is 0. The highest BCUT2D eigenvalue weighted by molar-refractivity contribution is 5.81. The Morgan fingerprint density at radius 1 is 1.62 bits per heavy atom. The van der Waals surface area contributed by atoms with E-state index in [1.54, 1.807) is 11.8 Å². The van der Waals surface area contributed by atoms with E-state index in [0.29, 0.717) is 5.92 Å². The van der Waals surface area contributed by atoms with E-state index in [0.717, 1.165) is 25.9 Å². The summed E-state index contributed by atoms with van der Waals surface area (Å²) >= 11 is 0. The second-order valence-electron chi connectivity index (χ2n) is 3.74. The fourth-order valence-electron chi connectivity index (χ4n) is 1.62. The zero-order valence-corrected chi connectivity index (χ0v) is 8.07. The maximum absolute atomic E-state index is 11.4. The topological polar surface area (TPSA) is 66.6 Å². The molecule has 0 aromatic carbocycles. The Kier molecular flexibility index (Phi) is 3.69. The summed E-state index contributed by atoms with van der Waals surface area (Å²) in [5.41, 5.74) is 5.49. The van der Waals surface area contributed by atoms with Crippen LogP contribution in [0.5, 0.6) is 0 Å². The SMILES string of the molecule is C[C@H](N)C(=O)N1CCC(CO)CC1. The molecule has 0 aliphatic carbocycles. The monoisotopic (exact) mass is 186 g/mol. The summed E-state index contributed by atoms with van der Waals surface area (Å²) in [6.07, 6.45) is 1.80. The first kappa shape index (κ1) is 10.5. The van der Waals surface area contributed by atoms with Gasteiger partial charge in [0.2, 0.25) is 5.91 Å². The number of hydrogen-bond donors (Lipinski definition) is 2. The molecule has 1 atom stereocenters. The molecule has 4 nitrogen and oxygen atoms in total. The van der Waals surface area contributed by atoms with Gasteiger partial charge in [0.25, 0.3) is 0 Å². The molecule has 1 rings (SSSR count). The number of nitrogens with zero attached hydrogens (tertiary/aromatic N) is 1. The number of rotatable bonds is 2. The molecule has 1 amide bonds. The molecule has 4 heteroatoms. The van der Waals surface area contributed by atoms with E-state index in [1.165, 1.54) is 0 Å². The number of carbonyl (C=O) groups is 1. The number of likely N-dealkylation sites (tertiary alicyclic amines) is 1. The summed E-state index contributed by atoms with van der Waals surface area (Å²) in [6.45, 7) is 3.43. The lowest BCUT2D eigenvalue weighted by atomic mass is 9.97. The summed E-state index contributed by atoms with van der Waals surface area (Å²) in [4.78, 5) is 13.2. The molecule has 0 saturated carbocycles. The predicted octanol–water partition coefficient (Wildman–Crippen LogP) is -0.435. The number of amides is 1. The van der Waals surface area contributed by atoms with E-state index in [-0.39, 0.29) is 12.5 Å². The van der Waals surface area contributed by atoms with Crippen LogP contribution in [-0.2, 0) is 4.79 Å². The third kappa shape index (κ3) is 2.67. The predicted molar refractivity (Wildman–Crippen MR) is 50.0 cm³/mol. The number of carbonyl (C=O) groups excluding carboxylic acids is 1. The third-order valence-corrected chi connectivity index (χ3v) is 2.57. The zero-order chi connectivity index (χ0) is 9.84. The van der Waals surface area contributed by atoms with E-state index < -0.39 is 6.04 Å². The van der Waals surface area contributed by atoms with Crippen LogP contribution in [0.2, 0.25) is 0 Å². The Hall–Kier alpha value is -0.610. The van der Waals surface area contributed by atoms with Crippen molar-refractivity contribution in [2.24, 2.45) is 11.7 Å². The van der Waals surface area contributed by atoms with E-state index in [9.17, 15) is 4.79 Å². The largest absolute Gasteiger partial charge is 0.396 e. The van der Waals surface area contributed by atoms with Gasteiger partial charge in [0.1, 0.15) is 0 Å². The Balaban J connectivity index is 2.36. The maximum atomic E-state index is 11.4. The fraction of sp³-hybridized carbons (Fsp3) is 0.889. The first-order valence-electron chi connectivity index (χ1n) is 4.80. The molecule has 1 aliphatic rings. The molecular formula is C9H18N2O2. The molecule has 1 heterocycles. The van der Waals surface area contributed by atoms with Crippen LogP contribution in [-0.4, -0.2) is 41.7 Å². The lowest BCUT2D eigenvalue weighted by Crippen LogP contribution is -2.46. The summed E-state index contributed by atoms with van der Waals surface area (Å²) in [5, 5.41) is 8.90. The molecule has 0 spiro atoms. The smallest absolute Gasteiger partial charge is 0.239 e. The Bertz CT molecular complexity index is 174. The minimum atomic E-state index is -0.398. The van der Waals surface area contributed by atoms with Gasteiger partial charge in [-0.15, -0.1) is 0 Å². The van der Waals surface area contributed by atoms with Gasteiger partial charge in [0.15, 0.2) is 0 Å². The van der Waals surface area contributed by atoms with E-state index in [1.807, 2.05) is 0 Å². The van der Waals surface area contributed by atoms with Crippen LogP contribution < -0.4 is 5.73 Å². The van der Waals surface area contributed by atoms with Crippen molar-refractivity contribution in [1.29, 1.82) is 0 Å². The first-order valence-corrected chi connectivity index (χ1v) is 4.80. The van der Waals surface area contributed by atoms with Crippen molar-refractivity contribution in [3.05, 3.63) is 0 Å². The molecule has 13 heavy (non-hydrogen) atoms. The van der Waals surface area contributed by atoms with Gasteiger partial charge in [-0.05, 0) is 25.7 Å². The van der Waals surface area contributed by atoms with Gasteiger partial charge in [0.05, 0.1) is 6.04 Å². The minimum Gasteiger partial charge on any atom is -0.396 e. The number of aliphatic hydroxyl groups excluding tert-OH is 1. The van der Waals surface area contributed by atoms with Crippen LogP contribution >= 0.6 is 0 Å². The quantitative estimate of drug-likeness (QED) is 0.614. The number of hydrogen-bond acceptors (Lipinski definition) is 3. The first-order chi connectivity index (χ1) is 6.15. The van der Waals surface area contributed by atoms with Crippen molar-refractivity contribution in [3.8, 4) is 0 Å². The third-order valence-electron chi connectivity index (χ3n) is 2.57. The lowest BCUT2D eigenvalue weighted by Gasteiger charge is -2.32. The van der Waals surface area contributed by atoms with E-state index >= 15 is 0 Å². The van der Waals surface area contributed by atoms with Gasteiger partial charge in [0, 0.05) is 19.7 Å². The van der Waals surface area contributed by atoms with Crippen LogP contribution in [0, 0.1) is 5.92 Å². The molecular weight excluding hydrogens is 168 g/mol. The van der Waals surface area contributed by atoms with Crippen molar-refractivity contribution in [1.82, 2.24) is 4.90 Å². The van der Waals surface area contributed by atoms with Crippen molar-refractivity contribution in [2.45, 2.75) is 25.8 Å². The highest BCUT2D eigenvalue weighted by atomic mass is 16.3. The summed E-state index contributed by atoms with van der Waals surface area (Å²) in [7, 11) is 0. The molecule has 0 radical (unpaired) electrons. The Labute approximate surface area is 78.7 Å². The molecule has 1 fully saturated rings. The van der Waals surface area contributed by atoms with Crippen LogP contribution in [0.25, 0.3) is 0 Å². The lowest BCUT2D eigenvalue weighted by molar-refractivity contribution is -0.133. The van der Waals surface area contributed by atoms with Gasteiger partial charge in [-0.3, -0.25) is 4.79 Å². The summed E-state index contributed by atoms with van der Waals surface area (Å²) in [5.74, 6) is 0.397. The van der Waals surface area contributed by atoms with E-state index in [2.05, 4.69) is 0 Å². The Morgan fingerprint density at radius 3 is 2.54 bits per heavy atom. The number of aliphatic hydroxyl groups is 1. The average Bonchev–Trinajstić information content (AvgIpc) is 2.17. The molecule has 3 N–H and O–H groups in total. The second-order valence-corrected chi connectivity index (χ2v) is 3.74. The second kappa shape index (κ2) is 4.58. The van der Waals surface area contributed by atoms with Crippen LogP contribution in [0.3, 0.4) is 0 Å². The van der Waals surface area contributed by atoms with Gasteiger partial charge in [-0.25, -0.2) is 0 Å². The standard InChI is InChI=1S/C9H18N2O2/c1-7(10)9(13)11-4-2-8(6-12)3-5-11/h7-8,12H,2-6,10H2,1H3/t7-/m0/s1. The van der Waals surface area contributed by atoms with Crippen molar-refractivity contribution < 1.29 is 9.90 Å². The number of piperidine rings is 1. The average molecular weight is 186 g/mol. The van der Waals surface area contributed by atoms with Gasteiger partial charge in [-0.2, -0.15) is 0 Å². The molecule has 1 saturated heterocycles. The van der Waals surface area contributed by atoms with E-state index in [4.69, 9.17) is 10.8 Å². The van der Waals surface area contributed by atoms with Gasteiger partial charge in [-0.1, -0.05) is 0 Å². The zero-order valence-electron chi connectivity index (χ0n) is 8.07. The molecule has 1 aliphatic heterocycles. The minimum absolute atomic E-state index is 0.0244. The molecule has 76 valence electrons. The van der Waals surface area contributed by atoms with Crippen molar-refractivity contribution >= 4 is 5.91 Å². The molecule has 0 aromatic rings. The molecule has 0 aromatic heterocycles. The van der Waals surface area contributed by atoms with Crippen LogP contribution in [0.4, 0.5) is 0 Å². The highest BCUT2D eigenvalue weighted by Gasteiger charge is 2.23. The highest BCUT2D eigenvalue weighted by Crippen LogP contribution is 2.16. The van der Waals surface area contributed by atoms with Crippen LogP contribution in [0.15, 0.2) is 0 Å².